The summed E-state index contributed by atoms with van der Waals surface area (Å²) in [6.07, 6.45) is 2.51. The quantitative estimate of drug-likeness (QED) is 0.854. The highest BCUT2D eigenvalue weighted by Gasteiger charge is 2.23. The van der Waals surface area contributed by atoms with Crippen LogP contribution in [0.1, 0.15) is 23.4 Å². The summed E-state index contributed by atoms with van der Waals surface area (Å²) in [5, 5.41) is 7.53. The summed E-state index contributed by atoms with van der Waals surface area (Å²) in [5.41, 5.74) is 3.52. The fourth-order valence-corrected chi connectivity index (χ4v) is 2.88. The monoisotopic (exact) mass is 279 g/mol. The normalized spacial score (nSPS) is 21.8. The van der Waals surface area contributed by atoms with Gasteiger partial charge in [-0.1, -0.05) is 0 Å². The summed E-state index contributed by atoms with van der Waals surface area (Å²) in [4.78, 5) is 11.9. The van der Waals surface area contributed by atoms with Crippen molar-refractivity contribution in [1.82, 2.24) is 15.1 Å². The number of amides is 1. The molecule has 1 saturated heterocycles. The molecule has 1 atom stereocenters. The van der Waals surface area contributed by atoms with Crippen molar-refractivity contribution in [2.75, 3.05) is 26.4 Å². The van der Waals surface area contributed by atoms with E-state index in [1.807, 2.05) is 11.7 Å². The SMILES string of the molecule is Cn1nc(CCNC(=O)C2CCOC2)c2c1CCOC2. The minimum absolute atomic E-state index is 0.0241. The molecule has 3 heterocycles. The Morgan fingerprint density at radius 2 is 2.35 bits per heavy atom. The molecule has 0 aliphatic carbocycles. The lowest BCUT2D eigenvalue weighted by molar-refractivity contribution is -0.124. The van der Waals surface area contributed by atoms with Crippen molar-refractivity contribution in [3.8, 4) is 0 Å². The Morgan fingerprint density at radius 1 is 1.45 bits per heavy atom. The Bertz CT molecular complexity index is 492. The Labute approximate surface area is 118 Å². The summed E-state index contributed by atoms with van der Waals surface area (Å²) in [6.45, 7) is 3.29. The highest BCUT2D eigenvalue weighted by molar-refractivity contribution is 5.78. The number of aryl methyl sites for hydroxylation is 1. The highest BCUT2D eigenvalue weighted by atomic mass is 16.5. The number of ether oxygens (including phenoxy) is 2. The van der Waals surface area contributed by atoms with Gasteiger partial charge >= 0.3 is 0 Å². The summed E-state index contributed by atoms with van der Waals surface area (Å²) in [5.74, 6) is 0.125. The van der Waals surface area contributed by atoms with E-state index in [1.165, 1.54) is 11.3 Å². The molecule has 0 spiro atoms. The maximum atomic E-state index is 11.9. The van der Waals surface area contributed by atoms with Gasteiger partial charge in [-0.25, -0.2) is 0 Å². The van der Waals surface area contributed by atoms with Gasteiger partial charge in [0.1, 0.15) is 0 Å². The third-order valence-electron chi connectivity index (χ3n) is 4.05. The molecule has 1 unspecified atom stereocenters. The smallest absolute Gasteiger partial charge is 0.225 e. The maximum absolute atomic E-state index is 11.9. The van der Waals surface area contributed by atoms with Gasteiger partial charge in [0.25, 0.3) is 0 Å². The first-order valence-electron chi connectivity index (χ1n) is 7.22. The number of carbonyl (C=O) groups is 1. The Kier molecular flexibility index (Phi) is 4.03. The van der Waals surface area contributed by atoms with Crippen LogP contribution in [-0.4, -0.2) is 42.1 Å². The molecule has 0 radical (unpaired) electrons. The number of carbonyl (C=O) groups excluding carboxylic acids is 1. The minimum Gasteiger partial charge on any atom is -0.381 e. The number of rotatable bonds is 4. The summed E-state index contributed by atoms with van der Waals surface area (Å²) >= 11 is 0. The number of nitrogens with zero attached hydrogens (tertiary/aromatic N) is 2. The molecule has 0 saturated carbocycles. The molecule has 6 heteroatoms. The zero-order valence-electron chi connectivity index (χ0n) is 11.9. The predicted molar refractivity (Wildman–Crippen MR) is 72.2 cm³/mol. The summed E-state index contributed by atoms with van der Waals surface area (Å²) in [6, 6.07) is 0. The van der Waals surface area contributed by atoms with E-state index >= 15 is 0 Å². The highest BCUT2D eigenvalue weighted by Crippen LogP contribution is 2.20. The van der Waals surface area contributed by atoms with Crippen molar-refractivity contribution in [3.05, 3.63) is 17.0 Å². The van der Waals surface area contributed by atoms with Crippen molar-refractivity contribution in [3.63, 3.8) is 0 Å². The Balaban J connectivity index is 1.54. The molecule has 0 aromatic carbocycles. The topological polar surface area (TPSA) is 65.4 Å². The van der Waals surface area contributed by atoms with Crippen molar-refractivity contribution >= 4 is 5.91 Å². The minimum atomic E-state index is 0.0241. The molecule has 110 valence electrons. The summed E-state index contributed by atoms with van der Waals surface area (Å²) < 4.78 is 12.7. The third kappa shape index (κ3) is 2.71. The second kappa shape index (κ2) is 5.93. The van der Waals surface area contributed by atoms with Crippen LogP contribution in [-0.2, 0) is 40.8 Å². The molecule has 1 N–H and O–H groups in total. The van der Waals surface area contributed by atoms with Crippen LogP contribution < -0.4 is 5.32 Å². The lowest BCUT2D eigenvalue weighted by atomic mass is 10.1. The zero-order valence-corrected chi connectivity index (χ0v) is 11.9. The first-order chi connectivity index (χ1) is 9.75. The second-order valence-electron chi connectivity index (χ2n) is 5.40. The average Bonchev–Trinajstić information content (AvgIpc) is 3.09. The van der Waals surface area contributed by atoms with E-state index in [9.17, 15) is 4.79 Å². The molecule has 6 nitrogen and oxygen atoms in total. The fraction of sp³-hybridized carbons (Fsp3) is 0.714. The Morgan fingerprint density at radius 3 is 3.15 bits per heavy atom. The number of hydrogen-bond donors (Lipinski definition) is 1. The molecular formula is C14H21N3O3. The standard InChI is InChI=1S/C14H21N3O3/c1-17-13-4-7-20-9-11(13)12(16-17)2-5-15-14(18)10-3-6-19-8-10/h10H,2-9H2,1H3,(H,15,18). The third-order valence-corrected chi connectivity index (χ3v) is 4.05. The van der Waals surface area contributed by atoms with Gasteiger partial charge in [0.2, 0.25) is 5.91 Å². The van der Waals surface area contributed by atoms with Gasteiger partial charge in [0.05, 0.1) is 31.4 Å². The van der Waals surface area contributed by atoms with Gasteiger partial charge < -0.3 is 14.8 Å². The fourth-order valence-electron chi connectivity index (χ4n) is 2.88. The van der Waals surface area contributed by atoms with E-state index in [0.717, 1.165) is 31.6 Å². The van der Waals surface area contributed by atoms with Crippen molar-refractivity contribution < 1.29 is 14.3 Å². The van der Waals surface area contributed by atoms with Crippen molar-refractivity contribution in [2.24, 2.45) is 13.0 Å². The van der Waals surface area contributed by atoms with Crippen LogP contribution in [0.3, 0.4) is 0 Å². The maximum Gasteiger partial charge on any atom is 0.225 e. The van der Waals surface area contributed by atoms with E-state index in [0.29, 0.717) is 26.4 Å². The zero-order chi connectivity index (χ0) is 13.9. The molecule has 0 bridgehead atoms. The van der Waals surface area contributed by atoms with E-state index in [2.05, 4.69) is 10.4 Å². The van der Waals surface area contributed by atoms with Crippen molar-refractivity contribution in [1.29, 1.82) is 0 Å². The molecular weight excluding hydrogens is 258 g/mol. The van der Waals surface area contributed by atoms with Gasteiger partial charge in [0, 0.05) is 44.3 Å². The molecule has 2 aliphatic rings. The second-order valence-corrected chi connectivity index (χ2v) is 5.40. The molecule has 2 aliphatic heterocycles. The van der Waals surface area contributed by atoms with Gasteiger partial charge in [-0.05, 0) is 6.42 Å². The Hall–Kier alpha value is -1.40. The van der Waals surface area contributed by atoms with E-state index < -0.39 is 0 Å². The van der Waals surface area contributed by atoms with Crippen LogP contribution in [0.4, 0.5) is 0 Å². The molecule has 1 amide bonds. The van der Waals surface area contributed by atoms with E-state index in [-0.39, 0.29) is 11.8 Å². The molecule has 1 fully saturated rings. The van der Waals surface area contributed by atoms with Crippen LogP contribution in [0.2, 0.25) is 0 Å². The van der Waals surface area contributed by atoms with E-state index in [1.54, 1.807) is 0 Å². The van der Waals surface area contributed by atoms with Gasteiger partial charge in [0.15, 0.2) is 0 Å². The summed E-state index contributed by atoms with van der Waals surface area (Å²) in [7, 11) is 1.97. The largest absolute Gasteiger partial charge is 0.381 e. The lowest BCUT2D eigenvalue weighted by Gasteiger charge is -2.14. The van der Waals surface area contributed by atoms with E-state index in [4.69, 9.17) is 9.47 Å². The van der Waals surface area contributed by atoms with Gasteiger partial charge in [-0.3, -0.25) is 9.48 Å². The lowest BCUT2D eigenvalue weighted by Crippen LogP contribution is -2.32. The first kappa shape index (κ1) is 13.6. The van der Waals surface area contributed by atoms with Crippen LogP contribution in [0, 0.1) is 5.92 Å². The number of aromatic nitrogens is 2. The number of nitrogens with one attached hydrogen (secondary N) is 1. The van der Waals surface area contributed by atoms with Crippen LogP contribution in [0.15, 0.2) is 0 Å². The molecule has 20 heavy (non-hydrogen) atoms. The molecule has 1 aromatic heterocycles. The first-order valence-corrected chi connectivity index (χ1v) is 7.22. The van der Waals surface area contributed by atoms with Gasteiger partial charge in [-0.15, -0.1) is 0 Å². The number of hydrogen-bond acceptors (Lipinski definition) is 4. The average molecular weight is 279 g/mol. The number of fused-ring (bicyclic) bond motifs is 1. The van der Waals surface area contributed by atoms with Crippen LogP contribution in [0.5, 0.6) is 0 Å². The predicted octanol–water partition coefficient (Wildman–Crippen LogP) is 0.188. The van der Waals surface area contributed by atoms with Crippen LogP contribution >= 0.6 is 0 Å². The van der Waals surface area contributed by atoms with Crippen LogP contribution in [0.25, 0.3) is 0 Å². The van der Waals surface area contributed by atoms with Gasteiger partial charge in [-0.2, -0.15) is 5.10 Å². The molecule has 3 rings (SSSR count). The molecule has 1 aromatic rings. The van der Waals surface area contributed by atoms with Crippen molar-refractivity contribution in [2.45, 2.75) is 25.9 Å².